The number of rotatable bonds is 1. The van der Waals surface area contributed by atoms with Crippen molar-refractivity contribution in [2.45, 2.75) is 0 Å². The van der Waals surface area contributed by atoms with Crippen LogP contribution in [-0.4, -0.2) is 27.1 Å². The zero-order valence-electron chi connectivity index (χ0n) is 7.14. The van der Waals surface area contributed by atoms with Crippen molar-refractivity contribution in [1.29, 1.82) is 0 Å². The van der Waals surface area contributed by atoms with E-state index in [4.69, 9.17) is 10.0 Å². The fourth-order valence-electron chi connectivity index (χ4n) is 1.26. The van der Waals surface area contributed by atoms with Crippen LogP contribution < -0.4 is 11.0 Å². The van der Waals surface area contributed by atoms with Crippen LogP contribution in [0.5, 0.6) is 0 Å². The maximum absolute atomic E-state index is 11.3. The third kappa shape index (κ3) is 1.41. The summed E-state index contributed by atoms with van der Waals surface area (Å²) < 4.78 is 0. The third-order valence-electron chi connectivity index (χ3n) is 1.97. The molecule has 6 heteroatoms. The number of aromatic amines is 1. The van der Waals surface area contributed by atoms with E-state index in [1.165, 1.54) is 18.5 Å². The largest absolute Gasteiger partial charge is 0.488 e. The number of H-pyrrole nitrogens is 1. The molecule has 2 rings (SSSR count). The van der Waals surface area contributed by atoms with Crippen LogP contribution in [0.25, 0.3) is 10.9 Å². The first-order valence-corrected chi connectivity index (χ1v) is 4.02. The maximum Gasteiger partial charge on any atom is 0.488 e. The minimum atomic E-state index is -1.57. The normalized spacial score (nSPS) is 10.4. The highest BCUT2D eigenvalue weighted by molar-refractivity contribution is 6.58. The highest BCUT2D eigenvalue weighted by Gasteiger charge is 2.11. The molecule has 1 heterocycles. The highest BCUT2D eigenvalue weighted by Crippen LogP contribution is 2.02. The Bertz CT molecular complexity index is 523. The van der Waals surface area contributed by atoms with Gasteiger partial charge in [-0.15, -0.1) is 0 Å². The van der Waals surface area contributed by atoms with Crippen molar-refractivity contribution < 1.29 is 10.0 Å². The molecule has 0 saturated carbocycles. The van der Waals surface area contributed by atoms with Crippen molar-refractivity contribution in [2.75, 3.05) is 0 Å². The quantitative estimate of drug-likeness (QED) is 0.483. The number of hydrogen-bond acceptors (Lipinski definition) is 4. The summed E-state index contributed by atoms with van der Waals surface area (Å²) in [7, 11) is -1.57. The van der Waals surface area contributed by atoms with Crippen LogP contribution in [0.1, 0.15) is 0 Å². The molecule has 0 atom stereocenters. The summed E-state index contributed by atoms with van der Waals surface area (Å²) in [6.45, 7) is 0. The van der Waals surface area contributed by atoms with Gasteiger partial charge >= 0.3 is 7.12 Å². The second kappa shape index (κ2) is 3.24. The Labute approximate surface area is 79.2 Å². The predicted molar refractivity (Wildman–Crippen MR) is 52.2 cm³/mol. The molecule has 0 aliphatic carbocycles. The van der Waals surface area contributed by atoms with Gasteiger partial charge in [-0.05, 0) is 17.6 Å². The van der Waals surface area contributed by atoms with Crippen LogP contribution in [-0.2, 0) is 0 Å². The van der Waals surface area contributed by atoms with Crippen molar-refractivity contribution in [3.63, 3.8) is 0 Å². The van der Waals surface area contributed by atoms with Crippen LogP contribution in [0, 0.1) is 0 Å². The standard InChI is InChI=1S/C8H7BN2O3/c12-8-6-3-5(9(13)14)1-2-7(6)10-4-11-8/h1-4,13-14H,(H,10,11,12). The molecule has 0 saturated heterocycles. The van der Waals surface area contributed by atoms with Gasteiger partial charge in [-0.25, -0.2) is 0 Å². The van der Waals surface area contributed by atoms with Crippen LogP contribution in [0.3, 0.4) is 0 Å². The highest BCUT2D eigenvalue weighted by atomic mass is 16.4. The number of aromatic nitrogens is 2. The number of fused-ring (bicyclic) bond motifs is 1. The molecule has 0 spiro atoms. The lowest BCUT2D eigenvalue weighted by molar-refractivity contribution is 0.426. The van der Waals surface area contributed by atoms with Crippen LogP contribution in [0.15, 0.2) is 29.3 Å². The van der Waals surface area contributed by atoms with Crippen molar-refractivity contribution >= 4 is 23.5 Å². The second-order valence-electron chi connectivity index (χ2n) is 2.89. The molecule has 0 aliphatic rings. The van der Waals surface area contributed by atoms with Gasteiger partial charge < -0.3 is 15.0 Å². The van der Waals surface area contributed by atoms with Crippen LogP contribution in [0.2, 0.25) is 0 Å². The Morgan fingerprint density at radius 3 is 2.86 bits per heavy atom. The fraction of sp³-hybridized carbons (Fsp3) is 0. The Morgan fingerprint density at radius 2 is 2.14 bits per heavy atom. The van der Waals surface area contributed by atoms with Crippen molar-refractivity contribution in [3.05, 3.63) is 34.9 Å². The Morgan fingerprint density at radius 1 is 1.36 bits per heavy atom. The molecule has 70 valence electrons. The topological polar surface area (TPSA) is 86.2 Å². The van der Waals surface area contributed by atoms with E-state index in [1.54, 1.807) is 6.07 Å². The lowest BCUT2D eigenvalue weighted by Gasteiger charge is -2.00. The molecule has 14 heavy (non-hydrogen) atoms. The number of nitrogens with zero attached hydrogens (tertiary/aromatic N) is 1. The summed E-state index contributed by atoms with van der Waals surface area (Å²) in [5.41, 5.74) is 0.506. The van der Waals surface area contributed by atoms with Gasteiger partial charge in [-0.1, -0.05) is 6.07 Å². The Balaban J connectivity index is 2.76. The zero-order valence-corrected chi connectivity index (χ0v) is 7.14. The van der Waals surface area contributed by atoms with Gasteiger partial charge in [0.25, 0.3) is 5.56 Å². The summed E-state index contributed by atoms with van der Waals surface area (Å²) >= 11 is 0. The third-order valence-corrected chi connectivity index (χ3v) is 1.97. The molecule has 1 aromatic heterocycles. The smallest absolute Gasteiger partial charge is 0.423 e. The average molecular weight is 190 g/mol. The first kappa shape index (κ1) is 8.92. The molecule has 0 amide bonds. The summed E-state index contributed by atoms with van der Waals surface area (Å²) in [4.78, 5) is 17.6. The van der Waals surface area contributed by atoms with E-state index < -0.39 is 7.12 Å². The van der Waals surface area contributed by atoms with E-state index in [2.05, 4.69) is 9.97 Å². The van der Waals surface area contributed by atoms with Crippen LogP contribution in [0.4, 0.5) is 0 Å². The maximum atomic E-state index is 11.3. The molecule has 3 N–H and O–H groups in total. The van der Waals surface area contributed by atoms with E-state index >= 15 is 0 Å². The molecular weight excluding hydrogens is 183 g/mol. The number of nitrogens with one attached hydrogen (secondary N) is 1. The Kier molecular flexibility index (Phi) is 2.07. The van der Waals surface area contributed by atoms with E-state index in [0.717, 1.165) is 0 Å². The van der Waals surface area contributed by atoms with Gasteiger partial charge in [0.1, 0.15) is 0 Å². The van der Waals surface area contributed by atoms with Crippen molar-refractivity contribution in [3.8, 4) is 0 Å². The Hall–Kier alpha value is -1.66. The number of benzene rings is 1. The lowest BCUT2D eigenvalue weighted by atomic mass is 9.80. The van der Waals surface area contributed by atoms with Gasteiger partial charge in [0.05, 0.1) is 17.2 Å². The first-order chi connectivity index (χ1) is 6.68. The molecule has 0 radical (unpaired) electrons. The zero-order chi connectivity index (χ0) is 10.1. The van der Waals surface area contributed by atoms with E-state index in [-0.39, 0.29) is 11.0 Å². The van der Waals surface area contributed by atoms with Gasteiger partial charge in [-0.3, -0.25) is 4.79 Å². The van der Waals surface area contributed by atoms with Crippen molar-refractivity contribution in [1.82, 2.24) is 9.97 Å². The SMILES string of the molecule is O=c1nc[nH]c2ccc(B(O)O)cc12. The summed E-state index contributed by atoms with van der Waals surface area (Å²) in [5.74, 6) is 0. The molecular formula is C8H7BN2O3. The summed E-state index contributed by atoms with van der Waals surface area (Å²) in [6, 6.07) is 4.54. The molecule has 5 nitrogen and oxygen atoms in total. The van der Waals surface area contributed by atoms with Gasteiger partial charge in [0.2, 0.25) is 0 Å². The molecule has 1 aromatic carbocycles. The minimum Gasteiger partial charge on any atom is -0.423 e. The van der Waals surface area contributed by atoms with Crippen LogP contribution >= 0.6 is 0 Å². The predicted octanol–water partition coefficient (Wildman–Crippen LogP) is -1.40. The molecule has 2 aromatic rings. The summed E-state index contributed by atoms with van der Waals surface area (Å²) in [5, 5.41) is 18.1. The lowest BCUT2D eigenvalue weighted by Crippen LogP contribution is -2.30. The van der Waals surface area contributed by atoms with E-state index in [0.29, 0.717) is 10.9 Å². The first-order valence-electron chi connectivity index (χ1n) is 4.02. The van der Waals surface area contributed by atoms with Gasteiger partial charge in [0, 0.05) is 0 Å². The molecule has 0 unspecified atom stereocenters. The van der Waals surface area contributed by atoms with Gasteiger partial charge in [0.15, 0.2) is 0 Å². The van der Waals surface area contributed by atoms with E-state index in [9.17, 15) is 4.79 Å². The number of hydrogen-bond donors (Lipinski definition) is 3. The average Bonchev–Trinajstić information content (AvgIpc) is 2.18. The summed E-state index contributed by atoms with van der Waals surface area (Å²) in [6.07, 6.45) is 1.31. The molecule has 0 aliphatic heterocycles. The van der Waals surface area contributed by atoms with Gasteiger partial charge in [-0.2, -0.15) is 4.98 Å². The van der Waals surface area contributed by atoms with Crippen molar-refractivity contribution in [2.24, 2.45) is 0 Å². The monoisotopic (exact) mass is 190 g/mol. The fourth-order valence-corrected chi connectivity index (χ4v) is 1.26. The second-order valence-corrected chi connectivity index (χ2v) is 2.89. The van der Waals surface area contributed by atoms with E-state index in [1.807, 2.05) is 0 Å². The minimum absolute atomic E-state index is 0.274. The molecule has 0 bridgehead atoms. The molecule has 0 fully saturated rings.